The van der Waals surface area contributed by atoms with Gasteiger partial charge in [0, 0.05) is 6.20 Å². The monoisotopic (exact) mass is 175 g/mol. The lowest BCUT2D eigenvalue weighted by molar-refractivity contribution is 0.679. The van der Waals surface area contributed by atoms with Crippen LogP contribution in [0, 0.1) is 11.8 Å². The van der Waals surface area contributed by atoms with Gasteiger partial charge in [0.05, 0.1) is 24.8 Å². The van der Waals surface area contributed by atoms with Crippen molar-refractivity contribution in [2.24, 2.45) is 5.73 Å². The van der Waals surface area contributed by atoms with Crippen LogP contribution in [0.3, 0.4) is 0 Å². The third-order valence-corrected chi connectivity index (χ3v) is 1.40. The van der Waals surface area contributed by atoms with Crippen LogP contribution in [-0.2, 0) is 6.54 Å². The van der Waals surface area contributed by atoms with Crippen LogP contribution in [0.15, 0.2) is 24.5 Å². The number of rotatable bonds is 2. The smallest absolute Gasteiger partial charge is 0.0646 e. The topological polar surface area (TPSA) is 43.8 Å². The molecule has 1 heterocycles. The Morgan fingerprint density at radius 3 is 3.15 bits per heavy atom. The Kier molecular flexibility index (Phi) is 3.30. The zero-order valence-corrected chi connectivity index (χ0v) is 7.75. The second kappa shape index (κ2) is 4.48. The zero-order chi connectivity index (χ0) is 9.68. The summed E-state index contributed by atoms with van der Waals surface area (Å²) in [6.45, 7) is 6.89. The summed E-state index contributed by atoms with van der Waals surface area (Å²) < 4.78 is 1.81. The Bertz CT molecular complexity index is 352. The number of allylic oxidation sites excluding steroid dienone is 1. The standard InChI is InChI=1S/C10H13N3/c1-9(2)7-13-8-10(6-12-13)4-3-5-11/h6,8H,1,5,7,11H2,2H3. The average Bonchev–Trinajstić information content (AvgIpc) is 2.48. The maximum atomic E-state index is 5.25. The number of hydrogen-bond donors (Lipinski definition) is 1. The third kappa shape index (κ3) is 3.14. The lowest BCUT2D eigenvalue weighted by Crippen LogP contribution is -1.97. The molecular formula is C10H13N3. The molecule has 1 rings (SSSR count). The van der Waals surface area contributed by atoms with E-state index >= 15 is 0 Å². The van der Waals surface area contributed by atoms with Gasteiger partial charge in [-0.05, 0) is 6.92 Å². The fourth-order valence-corrected chi connectivity index (χ4v) is 0.944. The van der Waals surface area contributed by atoms with E-state index < -0.39 is 0 Å². The van der Waals surface area contributed by atoms with Gasteiger partial charge in [0.1, 0.15) is 0 Å². The molecule has 68 valence electrons. The molecule has 0 fully saturated rings. The van der Waals surface area contributed by atoms with Crippen molar-refractivity contribution in [1.29, 1.82) is 0 Å². The van der Waals surface area contributed by atoms with E-state index in [0.29, 0.717) is 6.54 Å². The molecule has 0 saturated carbocycles. The number of nitrogens with two attached hydrogens (primary N) is 1. The Morgan fingerprint density at radius 1 is 1.77 bits per heavy atom. The van der Waals surface area contributed by atoms with Crippen molar-refractivity contribution in [3.63, 3.8) is 0 Å². The lowest BCUT2D eigenvalue weighted by atomic mass is 10.3. The molecule has 13 heavy (non-hydrogen) atoms. The molecular weight excluding hydrogens is 162 g/mol. The molecule has 0 radical (unpaired) electrons. The molecule has 2 N–H and O–H groups in total. The Labute approximate surface area is 78.2 Å². The van der Waals surface area contributed by atoms with Crippen LogP contribution in [0.1, 0.15) is 12.5 Å². The van der Waals surface area contributed by atoms with E-state index in [2.05, 4.69) is 23.5 Å². The predicted octanol–water partition coefficient (Wildman–Crippen LogP) is 0.769. The first-order chi connectivity index (χ1) is 6.22. The minimum absolute atomic E-state index is 0.381. The van der Waals surface area contributed by atoms with Gasteiger partial charge in [0.25, 0.3) is 0 Å². The Morgan fingerprint density at radius 2 is 2.54 bits per heavy atom. The average molecular weight is 175 g/mol. The van der Waals surface area contributed by atoms with E-state index in [1.165, 1.54) is 0 Å². The van der Waals surface area contributed by atoms with E-state index in [0.717, 1.165) is 17.7 Å². The summed E-state index contributed by atoms with van der Waals surface area (Å²) in [7, 11) is 0. The molecule has 0 saturated heterocycles. The van der Waals surface area contributed by atoms with Crippen molar-refractivity contribution in [2.45, 2.75) is 13.5 Å². The fraction of sp³-hybridized carbons (Fsp3) is 0.300. The zero-order valence-electron chi connectivity index (χ0n) is 7.75. The minimum Gasteiger partial charge on any atom is -0.320 e. The van der Waals surface area contributed by atoms with Crippen LogP contribution >= 0.6 is 0 Å². The Balaban J connectivity index is 2.69. The highest BCUT2D eigenvalue weighted by Gasteiger charge is 1.94. The Hall–Kier alpha value is -1.53. The predicted molar refractivity (Wildman–Crippen MR) is 53.0 cm³/mol. The molecule has 0 aliphatic rings. The van der Waals surface area contributed by atoms with Crippen LogP contribution in [0.2, 0.25) is 0 Å². The summed E-state index contributed by atoms with van der Waals surface area (Å²) in [5.41, 5.74) is 7.21. The molecule has 0 aliphatic heterocycles. The molecule has 0 aromatic carbocycles. The largest absolute Gasteiger partial charge is 0.320 e. The van der Waals surface area contributed by atoms with Crippen molar-refractivity contribution in [1.82, 2.24) is 9.78 Å². The second-order valence-corrected chi connectivity index (χ2v) is 2.89. The number of hydrogen-bond acceptors (Lipinski definition) is 2. The van der Waals surface area contributed by atoms with Crippen molar-refractivity contribution in [3.05, 3.63) is 30.1 Å². The summed E-state index contributed by atoms with van der Waals surface area (Å²) in [4.78, 5) is 0. The van der Waals surface area contributed by atoms with Crippen LogP contribution in [0.4, 0.5) is 0 Å². The van der Waals surface area contributed by atoms with Gasteiger partial charge in [-0.3, -0.25) is 4.68 Å². The summed E-state index contributed by atoms with van der Waals surface area (Å²) >= 11 is 0. The van der Waals surface area contributed by atoms with E-state index in [1.54, 1.807) is 6.20 Å². The highest BCUT2D eigenvalue weighted by atomic mass is 15.3. The molecule has 0 amide bonds. The van der Waals surface area contributed by atoms with Gasteiger partial charge in [0.15, 0.2) is 0 Å². The first kappa shape index (κ1) is 9.56. The first-order valence-electron chi connectivity index (χ1n) is 4.08. The van der Waals surface area contributed by atoms with Crippen molar-refractivity contribution in [2.75, 3.05) is 6.54 Å². The number of nitrogens with zero attached hydrogens (tertiary/aromatic N) is 2. The second-order valence-electron chi connectivity index (χ2n) is 2.89. The highest BCUT2D eigenvalue weighted by molar-refractivity contribution is 5.29. The van der Waals surface area contributed by atoms with Gasteiger partial charge in [-0.15, -0.1) is 0 Å². The van der Waals surface area contributed by atoms with Gasteiger partial charge in [-0.2, -0.15) is 5.10 Å². The maximum absolute atomic E-state index is 5.25. The molecule has 1 aromatic rings. The van der Waals surface area contributed by atoms with E-state index in [9.17, 15) is 0 Å². The van der Waals surface area contributed by atoms with Crippen molar-refractivity contribution < 1.29 is 0 Å². The molecule has 3 heteroatoms. The quantitative estimate of drug-likeness (QED) is 0.533. The van der Waals surface area contributed by atoms with Gasteiger partial charge < -0.3 is 5.73 Å². The normalized spacial score (nSPS) is 9.08. The first-order valence-corrected chi connectivity index (χ1v) is 4.08. The number of aromatic nitrogens is 2. The molecule has 3 nitrogen and oxygen atoms in total. The summed E-state index contributed by atoms with van der Waals surface area (Å²) in [6, 6.07) is 0. The van der Waals surface area contributed by atoms with Crippen LogP contribution in [-0.4, -0.2) is 16.3 Å². The van der Waals surface area contributed by atoms with E-state index in [-0.39, 0.29) is 0 Å². The van der Waals surface area contributed by atoms with Crippen LogP contribution in [0.25, 0.3) is 0 Å². The van der Waals surface area contributed by atoms with E-state index in [1.807, 2.05) is 17.8 Å². The summed E-state index contributed by atoms with van der Waals surface area (Å²) in [6.07, 6.45) is 3.61. The van der Waals surface area contributed by atoms with E-state index in [4.69, 9.17) is 5.73 Å². The molecule has 1 aromatic heterocycles. The SMILES string of the molecule is C=C(C)Cn1cc(C#CCN)cn1. The van der Waals surface area contributed by atoms with Gasteiger partial charge >= 0.3 is 0 Å². The fourth-order valence-electron chi connectivity index (χ4n) is 0.944. The van der Waals surface area contributed by atoms with Gasteiger partial charge in [-0.25, -0.2) is 0 Å². The lowest BCUT2D eigenvalue weighted by Gasteiger charge is -1.97. The van der Waals surface area contributed by atoms with Crippen molar-refractivity contribution in [3.8, 4) is 11.8 Å². The third-order valence-electron chi connectivity index (χ3n) is 1.40. The molecule has 0 aliphatic carbocycles. The summed E-state index contributed by atoms with van der Waals surface area (Å²) in [5.74, 6) is 5.68. The van der Waals surface area contributed by atoms with Crippen LogP contribution in [0.5, 0.6) is 0 Å². The maximum Gasteiger partial charge on any atom is 0.0646 e. The van der Waals surface area contributed by atoms with Gasteiger partial charge in [0.2, 0.25) is 0 Å². The molecule has 0 unspecified atom stereocenters. The van der Waals surface area contributed by atoms with Crippen LogP contribution < -0.4 is 5.73 Å². The molecule has 0 bridgehead atoms. The minimum atomic E-state index is 0.381. The summed E-state index contributed by atoms with van der Waals surface area (Å²) in [5, 5.41) is 4.12. The molecule has 0 spiro atoms. The highest BCUT2D eigenvalue weighted by Crippen LogP contribution is 1.98. The van der Waals surface area contributed by atoms with Crippen molar-refractivity contribution >= 4 is 0 Å². The van der Waals surface area contributed by atoms with Gasteiger partial charge in [-0.1, -0.05) is 24.0 Å². The molecule has 0 atom stereocenters.